The first-order valence-corrected chi connectivity index (χ1v) is 9.54. The molecule has 2 amide bonds. The van der Waals surface area contributed by atoms with Gasteiger partial charge in [0.1, 0.15) is 24.5 Å². The smallest absolute Gasteiger partial charge is 0.305 e. The molecule has 0 radical (unpaired) electrons. The number of aliphatic carboxylic acids is 1. The molecule has 0 bridgehead atoms. The summed E-state index contributed by atoms with van der Waals surface area (Å²) >= 11 is 0. The molecule has 2 rings (SSSR count). The number of fused-ring (bicyclic) bond motifs is 1. The van der Waals surface area contributed by atoms with Crippen molar-refractivity contribution in [1.82, 2.24) is 15.2 Å². The number of alkyl halides is 1. The lowest BCUT2D eigenvalue weighted by atomic mass is 10.0. The van der Waals surface area contributed by atoms with E-state index in [1.165, 1.54) is 0 Å². The van der Waals surface area contributed by atoms with E-state index in [0.29, 0.717) is 5.69 Å². The van der Waals surface area contributed by atoms with Crippen LogP contribution in [-0.4, -0.2) is 52.0 Å². The van der Waals surface area contributed by atoms with Crippen molar-refractivity contribution < 1.29 is 30.1 Å². The van der Waals surface area contributed by atoms with Gasteiger partial charge in [-0.1, -0.05) is 32.0 Å². The molecule has 0 aliphatic carbocycles. The van der Waals surface area contributed by atoms with Gasteiger partial charge in [0.2, 0.25) is 5.91 Å². The van der Waals surface area contributed by atoms with Gasteiger partial charge in [-0.3, -0.25) is 19.2 Å². The number of nitrogens with zero attached hydrogens (tertiary/aromatic N) is 1. The zero-order valence-corrected chi connectivity index (χ0v) is 17.4. The number of halogens is 1. The molecule has 1 aromatic heterocycles. The molecular weight excluding hydrogens is 393 g/mol. The van der Waals surface area contributed by atoms with Gasteiger partial charge < -0.3 is 20.3 Å². The van der Waals surface area contributed by atoms with Gasteiger partial charge in [-0.2, -0.15) is 0 Å². The van der Waals surface area contributed by atoms with Gasteiger partial charge in [0.25, 0.3) is 5.91 Å². The lowest BCUT2D eigenvalue weighted by Crippen LogP contribution is -2.54. The summed E-state index contributed by atoms with van der Waals surface area (Å²) in [7, 11) is 1.75. The maximum absolute atomic E-state index is 13.0. The van der Waals surface area contributed by atoms with Crippen LogP contribution >= 0.6 is 0 Å². The van der Waals surface area contributed by atoms with Crippen molar-refractivity contribution in [2.45, 2.75) is 39.3 Å². The number of rotatable bonds is 9. The monoisotopic (exact) mass is 421 g/mol. The first-order chi connectivity index (χ1) is 14.1. The third-order valence-electron chi connectivity index (χ3n) is 5.03. The van der Waals surface area contributed by atoms with Crippen LogP contribution in [0.1, 0.15) is 37.7 Å². The van der Waals surface area contributed by atoms with E-state index >= 15 is 0 Å². The van der Waals surface area contributed by atoms with Crippen molar-refractivity contribution >= 4 is 34.5 Å². The summed E-state index contributed by atoms with van der Waals surface area (Å²) in [5.41, 5.74) is 2.00. The first kappa shape index (κ1) is 23.1. The highest BCUT2D eigenvalue weighted by molar-refractivity contribution is 6.03. The number of Topliss-reactive ketones (excluding diaryl/α,β-unsaturated/α-hetero) is 1. The fourth-order valence-corrected chi connectivity index (χ4v) is 3.42. The summed E-state index contributed by atoms with van der Waals surface area (Å²) in [6.07, 6.45) is -0.741. The predicted molar refractivity (Wildman–Crippen MR) is 111 cm³/mol. The Hall–Kier alpha value is -3.23. The molecular formula is C21H28FN3O5. The summed E-state index contributed by atoms with van der Waals surface area (Å²) in [4.78, 5) is 48.3. The second-order valence-corrected chi connectivity index (χ2v) is 7.50. The van der Waals surface area contributed by atoms with Gasteiger partial charge in [-0.15, -0.1) is 0 Å². The Morgan fingerprint density at radius 1 is 1.17 bits per heavy atom. The molecule has 0 fully saturated rings. The Balaban J connectivity index is 0.00000480. The van der Waals surface area contributed by atoms with Crippen LogP contribution in [0.3, 0.4) is 0 Å². The van der Waals surface area contributed by atoms with Crippen LogP contribution in [0.15, 0.2) is 24.3 Å². The Morgan fingerprint density at radius 3 is 2.33 bits per heavy atom. The maximum atomic E-state index is 13.0. The summed E-state index contributed by atoms with van der Waals surface area (Å²) < 4.78 is 14.5. The maximum Gasteiger partial charge on any atom is 0.305 e. The number of carbonyl (C=O) groups excluding carboxylic acids is 3. The number of benzene rings is 1. The quantitative estimate of drug-likeness (QED) is 0.572. The van der Waals surface area contributed by atoms with Gasteiger partial charge in [0.15, 0.2) is 5.78 Å². The highest BCUT2D eigenvalue weighted by Gasteiger charge is 2.31. The number of carbonyl (C=O) groups is 4. The van der Waals surface area contributed by atoms with Crippen molar-refractivity contribution in [1.29, 1.82) is 0 Å². The standard InChI is InChI=1S/C21H26FN3O5.H2/c1-11(2)18(20(29)23-14(9-17(27)28)16(26)10-22)24-21(30)19-12(3)13-7-5-6-8-15(13)25(19)4;/h5-8,11,14,18H,9-10H2,1-4H3,(H,23,29)(H,24,30)(H,27,28);1H/t14?,18-;/m0./s1. The van der Waals surface area contributed by atoms with Crippen LogP contribution in [-0.2, 0) is 21.4 Å². The Morgan fingerprint density at radius 2 is 1.80 bits per heavy atom. The fraction of sp³-hybridized carbons (Fsp3) is 0.429. The lowest BCUT2D eigenvalue weighted by molar-refractivity contribution is -0.140. The largest absolute Gasteiger partial charge is 0.481 e. The second kappa shape index (κ2) is 9.51. The summed E-state index contributed by atoms with van der Waals surface area (Å²) in [6, 6.07) is 4.96. The molecule has 3 N–H and O–H groups in total. The third kappa shape index (κ3) is 4.84. The average molecular weight is 421 g/mol. The van der Waals surface area contributed by atoms with Crippen LogP contribution in [0.5, 0.6) is 0 Å². The molecule has 8 nitrogen and oxygen atoms in total. The van der Waals surface area contributed by atoms with Crippen LogP contribution in [0.2, 0.25) is 0 Å². The van der Waals surface area contributed by atoms with Gasteiger partial charge in [0, 0.05) is 19.4 Å². The highest BCUT2D eigenvalue weighted by atomic mass is 19.1. The third-order valence-corrected chi connectivity index (χ3v) is 5.03. The van der Waals surface area contributed by atoms with E-state index in [0.717, 1.165) is 16.5 Å². The molecule has 30 heavy (non-hydrogen) atoms. The molecule has 0 aliphatic heterocycles. The fourth-order valence-electron chi connectivity index (χ4n) is 3.42. The molecule has 164 valence electrons. The van der Waals surface area contributed by atoms with Crippen LogP contribution in [0.25, 0.3) is 10.9 Å². The van der Waals surface area contributed by atoms with E-state index in [2.05, 4.69) is 10.6 Å². The molecule has 2 aromatic rings. The molecule has 0 saturated heterocycles. The average Bonchev–Trinajstić information content (AvgIpc) is 2.95. The SMILES string of the molecule is Cc1c(C(=O)N[C@H](C(=O)NC(CC(=O)O)C(=O)CF)C(C)C)n(C)c2ccccc12.[HH]. The van der Waals surface area contributed by atoms with Crippen LogP contribution in [0, 0.1) is 12.8 Å². The second-order valence-electron chi connectivity index (χ2n) is 7.50. The Labute approximate surface area is 174 Å². The van der Waals surface area contributed by atoms with E-state index in [4.69, 9.17) is 5.11 Å². The number of ketones is 1. The summed E-state index contributed by atoms with van der Waals surface area (Å²) in [5, 5.41) is 14.8. The minimum absolute atomic E-state index is 0. The van der Waals surface area contributed by atoms with E-state index in [-0.39, 0.29) is 7.34 Å². The van der Waals surface area contributed by atoms with Gasteiger partial charge in [-0.05, 0) is 24.5 Å². The van der Waals surface area contributed by atoms with Gasteiger partial charge in [-0.25, -0.2) is 4.39 Å². The molecule has 0 aliphatic rings. The molecule has 0 saturated carbocycles. The van der Waals surface area contributed by atoms with E-state index in [1.54, 1.807) is 25.5 Å². The summed E-state index contributed by atoms with van der Waals surface area (Å²) in [5.74, 6) is -3.98. The van der Waals surface area contributed by atoms with Crippen molar-refractivity contribution in [2.24, 2.45) is 13.0 Å². The van der Waals surface area contributed by atoms with Crippen molar-refractivity contribution in [2.75, 3.05) is 6.67 Å². The number of para-hydroxylation sites is 1. The zero-order chi connectivity index (χ0) is 22.6. The molecule has 0 spiro atoms. The number of hydrogen-bond donors (Lipinski definition) is 3. The van der Waals surface area contributed by atoms with Crippen molar-refractivity contribution in [3.8, 4) is 0 Å². The van der Waals surface area contributed by atoms with Crippen molar-refractivity contribution in [3.63, 3.8) is 0 Å². The van der Waals surface area contributed by atoms with Crippen LogP contribution in [0.4, 0.5) is 4.39 Å². The number of carboxylic acids is 1. The highest BCUT2D eigenvalue weighted by Crippen LogP contribution is 2.24. The lowest BCUT2D eigenvalue weighted by Gasteiger charge is -2.24. The zero-order valence-electron chi connectivity index (χ0n) is 17.4. The first-order valence-electron chi connectivity index (χ1n) is 9.54. The number of amides is 2. The number of carboxylic acid groups (broad SMARTS) is 1. The van der Waals surface area contributed by atoms with E-state index in [1.807, 2.05) is 31.2 Å². The molecule has 2 atom stereocenters. The number of nitrogens with one attached hydrogen (secondary N) is 2. The molecule has 1 heterocycles. The molecule has 9 heteroatoms. The Kier molecular flexibility index (Phi) is 7.31. The minimum Gasteiger partial charge on any atom is -0.481 e. The van der Waals surface area contributed by atoms with Gasteiger partial charge >= 0.3 is 5.97 Å². The predicted octanol–water partition coefficient (Wildman–Crippen LogP) is 1.99. The molecule has 1 unspecified atom stereocenters. The van der Waals surface area contributed by atoms with E-state index in [9.17, 15) is 23.6 Å². The van der Waals surface area contributed by atoms with Crippen molar-refractivity contribution in [3.05, 3.63) is 35.5 Å². The minimum atomic E-state index is -1.50. The normalized spacial score (nSPS) is 13.1. The topological polar surface area (TPSA) is 118 Å². The van der Waals surface area contributed by atoms with E-state index < -0.39 is 48.7 Å². The number of hydrogen-bond acceptors (Lipinski definition) is 4. The Bertz CT molecular complexity index is 950. The molecule has 1 aromatic carbocycles. The van der Waals surface area contributed by atoms with Gasteiger partial charge in [0.05, 0.1) is 6.42 Å². The van der Waals surface area contributed by atoms with Crippen LogP contribution < -0.4 is 10.6 Å². The number of aromatic nitrogens is 1. The summed E-state index contributed by atoms with van der Waals surface area (Å²) in [6.45, 7) is 3.81. The number of aryl methyl sites for hydroxylation is 2.